The Morgan fingerprint density at radius 2 is 1.96 bits per heavy atom. The highest BCUT2D eigenvalue weighted by atomic mass is 35.5. The van der Waals surface area contributed by atoms with Crippen molar-refractivity contribution in [2.24, 2.45) is 0 Å². The summed E-state index contributed by atoms with van der Waals surface area (Å²) >= 11 is 6.34. The van der Waals surface area contributed by atoms with Crippen LogP contribution in [0.4, 0.5) is 0 Å². The second kappa shape index (κ2) is 10.6. The topological polar surface area (TPSA) is 50.8 Å². The van der Waals surface area contributed by atoms with Gasteiger partial charge in [-0.2, -0.15) is 0 Å². The van der Waals surface area contributed by atoms with Gasteiger partial charge in [0.1, 0.15) is 0 Å². The van der Waals surface area contributed by atoms with Gasteiger partial charge >= 0.3 is 0 Å². The van der Waals surface area contributed by atoms with Crippen molar-refractivity contribution in [2.45, 2.75) is 26.7 Å². The van der Waals surface area contributed by atoms with Crippen LogP contribution in [0.25, 0.3) is 0 Å². The molecule has 0 saturated carbocycles. The van der Waals surface area contributed by atoms with Gasteiger partial charge in [-0.1, -0.05) is 24.9 Å². The number of piperazine rings is 1. The van der Waals surface area contributed by atoms with Crippen LogP contribution in [0.1, 0.15) is 37.0 Å². The van der Waals surface area contributed by atoms with E-state index in [4.69, 9.17) is 21.1 Å². The van der Waals surface area contributed by atoms with Gasteiger partial charge in [0.25, 0.3) is 5.91 Å². The number of hydrogen-bond acceptors (Lipinski definition) is 4. The number of halogens is 2. The van der Waals surface area contributed by atoms with E-state index >= 15 is 0 Å². The Morgan fingerprint density at radius 1 is 1.25 bits per heavy atom. The summed E-state index contributed by atoms with van der Waals surface area (Å²) in [5.41, 5.74) is 0.545. The molecule has 7 heteroatoms. The SMILES string of the molecule is CCCCOc1c(Cl)cc(C(=O)N2CCNCC2)cc1OCC.Cl. The lowest BCUT2D eigenvalue weighted by atomic mass is 10.1. The van der Waals surface area contributed by atoms with Crippen molar-refractivity contribution in [3.63, 3.8) is 0 Å². The van der Waals surface area contributed by atoms with Crippen molar-refractivity contribution in [1.82, 2.24) is 10.2 Å². The number of carbonyl (C=O) groups excluding carboxylic acids is 1. The minimum atomic E-state index is -0.0190. The number of unbranched alkanes of at least 4 members (excludes halogenated alkanes) is 1. The number of benzene rings is 1. The van der Waals surface area contributed by atoms with Gasteiger partial charge in [0, 0.05) is 31.7 Å². The van der Waals surface area contributed by atoms with Gasteiger partial charge in [-0.25, -0.2) is 0 Å². The zero-order chi connectivity index (χ0) is 16.7. The van der Waals surface area contributed by atoms with E-state index < -0.39 is 0 Å². The van der Waals surface area contributed by atoms with Gasteiger partial charge < -0.3 is 19.7 Å². The van der Waals surface area contributed by atoms with Crippen molar-refractivity contribution in [1.29, 1.82) is 0 Å². The number of rotatable bonds is 7. The fourth-order valence-corrected chi connectivity index (χ4v) is 2.73. The van der Waals surface area contributed by atoms with Crippen LogP contribution in [-0.4, -0.2) is 50.2 Å². The quantitative estimate of drug-likeness (QED) is 0.741. The van der Waals surface area contributed by atoms with Gasteiger partial charge in [0.05, 0.1) is 18.2 Å². The van der Waals surface area contributed by atoms with E-state index in [9.17, 15) is 4.79 Å². The third-order valence-electron chi connectivity index (χ3n) is 3.70. The van der Waals surface area contributed by atoms with E-state index in [1.54, 1.807) is 12.1 Å². The second-order valence-electron chi connectivity index (χ2n) is 5.46. The van der Waals surface area contributed by atoms with Crippen LogP contribution in [0.3, 0.4) is 0 Å². The van der Waals surface area contributed by atoms with Crippen LogP contribution in [0, 0.1) is 0 Å². The van der Waals surface area contributed by atoms with Crippen LogP contribution in [0.2, 0.25) is 5.02 Å². The fourth-order valence-electron chi connectivity index (χ4n) is 2.46. The number of amides is 1. The van der Waals surface area contributed by atoms with Gasteiger partial charge in [-0.15, -0.1) is 12.4 Å². The van der Waals surface area contributed by atoms with Crippen LogP contribution in [0.15, 0.2) is 12.1 Å². The molecule has 24 heavy (non-hydrogen) atoms. The first-order chi connectivity index (χ1) is 11.2. The molecule has 0 atom stereocenters. The maximum absolute atomic E-state index is 12.6. The zero-order valence-corrected chi connectivity index (χ0v) is 15.8. The molecule has 5 nitrogen and oxygen atoms in total. The maximum Gasteiger partial charge on any atom is 0.254 e. The molecule has 0 bridgehead atoms. The highest BCUT2D eigenvalue weighted by Gasteiger charge is 2.21. The zero-order valence-electron chi connectivity index (χ0n) is 14.3. The minimum Gasteiger partial charge on any atom is -0.490 e. The molecule has 0 radical (unpaired) electrons. The van der Waals surface area contributed by atoms with E-state index in [1.807, 2.05) is 11.8 Å². The summed E-state index contributed by atoms with van der Waals surface area (Å²) in [7, 11) is 0. The van der Waals surface area contributed by atoms with E-state index in [-0.39, 0.29) is 18.3 Å². The average molecular weight is 377 g/mol. The van der Waals surface area contributed by atoms with Gasteiger partial charge in [-0.3, -0.25) is 4.79 Å². The summed E-state index contributed by atoms with van der Waals surface area (Å²) in [6.07, 6.45) is 1.99. The highest BCUT2D eigenvalue weighted by Crippen LogP contribution is 2.37. The molecule has 1 fully saturated rings. The molecule has 0 unspecified atom stereocenters. The third kappa shape index (κ3) is 5.43. The predicted molar refractivity (Wildman–Crippen MR) is 99.0 cm³/mol. The molecule has 1 aromatic carbocycles. The summed E-state index contributed by atoms with van der Waals surface area (Å²) in [5.74, 6) is 1.04. The summed E-state index contributed by atoms with van der Waals surface area (Å²) in [5, 5.41) is 3.66. The number of carbonyl (C=O) groups is 1. The van der Waals surface area contributed by atoms with Crippen molar-refractivity contribution in [2.75, 3.05) is 39.4 Å². The smallest absolute Gasteiger partial charge is 0.254 e. The van der Waals surface area contributed by atoms with E-state index in [2.05, 4.69) is 12.2 Å². The normalized spacial score (nSPS) is 14.0. The standard InChI is InChI=1S/C17H25ClN2O3.ClH/c1-3-5-10-23-16-14(18)11-13(12-15(16)22-4-2)17(21)20-8-6-19-7-9-20;/h11-12,19H,3-10H2,1-2H3;1H. The summed E-state index contributed by atoms with van der Waals surface area (Å²) in [4.78, 5) is 14.5. The molecular formula is C17H26Cl2N2O3. The van der Waals surface area contributed by atoms with E-state index in [1.165, 1.54) is 0 Å². The van der Waals surface area contributed by atoms with Crippen LogP contribution >= 0.6 is 24.0 Å². The molecule has 1 heterocycles. The Hall–Kier alpha value is -1.17. The average Bonchev–Trinajstić information content (AvgIpc) is 2.57. The van der Waals surface area contributed by atoms with Crippen molar-refractivity contribution in [3.05, 3.63) is 22.7 Å². The number of hydrogen-bond donors (Lipinski definition) is 1. The van der Waals surface area contributed by atoms with Gasteiger partial charge in [0.2, 0.25) is 0 Å². The first-order valence-corrected chi connectivity index (χ1v) is 8.64. The molecule has 136 valence electrons. The lowest BCUT2D eigenvalue weighted by Gasteiger charge is -2.27. The lowest BCUT2D eigenvalue weighted by Crippen LogP contribution is -2.46. The maximum atomic E-state index is 12.6. The van der Waals surface area contributed by atoms with Crippen LogP contribution in [0.5, 0.6) is 11.5 Å². The number of ether oxygens (including phenoxy) is 2. The van der Waals surface area contributed by atoms with Crippen LogP contribution in [-0.2, 0) is 0 Å². The second-order valence-corrected chi connectivity index (χ2v) is 5.87. The number of nitrogens with one attached hydrogen (secondary N) is 1. The Bertz CT molecular complexity index is 535. The Kier molecular flexibility index (Phi) is 9.26. The van der Waals surface area contributed by atoms with Crippen molar-refractivity contribution in [3.8, 4) is 11.5 Å². The van der Waals surface area contributed by atoms with Crippen molar-refractivity contribution >= 4 is 29.9 Å². The fraction of sp³-hybridized carbons (Fsp3) is 0.588. The Morgan fingerprint density at radius 3 is 2.58 bits per heavy atom. The molecule has 1 saturated heterocycles. The molecule has 1 aromatic rings. The van der Waals surface area contributed by atoms with Gasteiger partial charge in [0.15, 0.2) is 11.5 Å². The molecule has 1 N–H and O–H groups in total. The Balaban J connectivity index is 0.00000288. The molecule has 0 aromatic heterocycles. The largest absolute Gasteiger partial charge is 0.490 e. The lowest BCUT2D eigenvalue weighted by molar-refractivity contribution is 0.0735. The molecule has 0 aliphatic carbocycles. The molecule has 0 spiro atoms. The highest BCUT2D eigenvalue weighted by molar-refractivity contribution is 6.32. The summed E-state index contributed by atoms with van der Waals surface area (Å²) in [6.45, 7) is 8.11. The molecule has 1 aliphatic rings. The molecule has 1 amide bonds. The summed E-state index contributed by atoms with van der Waals surface area (Å²) in [6, 6.07) is 3.41. The van der Waals surface area contributed by atoms with Crippen LogP contribution < -0.4 is 14.8 Å². The third-order valence-corrected chi connectivity index (χ3v) is 3.99. The summed E-state index contributed by atoms with van der Waals surface area (Å²) < 4.78 is 11.4. The number of nitrogens with zero attached hydrogens (tertiary/aromatic N) is 1. The molecule has 1 aliphatic heterocycles. The predicted octanol–water partition coefficient (Wildman–Crippen LogP) is 3.38. The van der Waals surface area contributed by atoms with E-state index in [0.717, 1.165) is 25.9 Å². The first kappa shape index (κ1) is 20.9. The Labute approximate surface area is 155 Å². The van der Waals surface area contributed by atoms with E-state index in [0.29, 0.717) is 48.4 Å². The van der Waals surface area contributed by atoms with Gasteiger partial charge in [-0.05, 0) is 25.5 Å². The monoisotopic (exact) mass is 376 g/mol. The molecular weight excluding hydrogens is 351 g/mol. The first-order valence-electron chi connectivity index (χ1n) is 8.26. The minimum absolute atomic E-state index is 0. The van der Waals surface area contributed by atoms with Crippen molar-refractivity contribution < 1.29 is 14.3 Å². The molecule has 2 rings (SSSR count).